The summed E-state index contributed by atoms with van der Waals surface area (Å²) in [4.78, 5) is 11.1. The topological polar surface area (TPSA) is 54.5 Å². The van der Waals surface area contributed by atoms with Gasteiger partial charge in [-0.25, -0.2) is 8.42 Å². The Morgan fingerprint density at radius 1 is 1.09 bits per heavy atom. The van der Waals surface area contributed by atoms with Gasteiger partial charge in [-0.15, -0.1) is 0 Å². The second-order valence-electron chi connectivity index (χ2n) is 4.78. The van der Waals surface area contributed by atoms with E-state index in [1.807, 2.05) is 6.92 Å². The second-order valence-corrected chi connectivity index (χ2v) is 7.87. The van der Waals surface area contributed by atoms with Crippen LogP contribution in [-0.2, 0) is 14.8 Å². The molecular weight excluding hydrogens is 381 g/mol. The van der Waals surface area contributed by atoms with Crippen molar-refractivity contribution in [2.45, 2.75) is 11.8 Å². The Kier molecular flexibility index (Phi) is 5.57. The molecule has 0 radical (unpaired) electrons. The highest BCUT2D eigenvalue weighted by Crippen LogP contribution is 2.30. The van der Waals surface area contributed by atoms with Gasteiger partial charge in [0, 0.05) is 5.02 Å². The van der Waals surface area contributed by atoms with Crippen LogP contribution in [-0.4, -0.2) is 20.2 Å². The third-order valence-electron chi connectivity index (χ3n) is 3.05. The molecule has 23 heavy (non-hydrogen) atoms. The van der Waals surface area contributed by atoms with E-state index in [9.17, 15) is 13.2 Å². The number of anilines is 1. The summed E-state index contributed by atoms with van der Waals surface area (Å²) in [7, 11) is -4.10. The van der Waals surface area contributed by atoms with Crippen LogP contribution in [0.25, 0.3) is 0 Å². The third-order valence-corrected chi connectivity index (χ3v) is 5.66. The molecule has 0 aliphatic heterocycles. The minimum atomic E-state index is -4.10. The smallest absolute Gasteiger partial charge is 0.266 e. The first kappa shape index (κ1) is 18.1. The number of sulfonamides is 1. The van der Waals surface area contributed by atoms with Gasteiger partial charge in [-0.3, -0.25) is 9.10 Å². The molecule has 2 aromatic carbocycles. The van der Waals surface area contributed by atoms with Gasteiger partial charge < -0.3 is 0 Å². The summed E-state index contributed by atoms with van der Waals surface area (Å²) < 4.78 is 26.7. The number of hydrogen-bond acceptors (Lipinski definition) is 3. The van der Waals surface area contributed by atoms with Crippen molar-refractivity contribution in [2.75, 3.05) is 10.8 Å². The molecular formula is C15H12Cl3NO3S. The Bertz CT molecular complexity index is 836. The Morgan fingerprint density at radius 3 is 2.26 bits per heavy atom. The van der Waals surface area contributed by atoms with Crippen molar-refractivity contribution in [3.8, 4) is 0 Å². The van der Waals surface area contributed by atoms with Crippen LogP contribution in [0.2, 0.25) is 10.0 Å². The fraction of sp³-hybridized carbons (Fsp3) is 0.133. The molecule has 0 aromatic heterocycles. The summed E-state index contributed by atoms with van der Waals surface area (Å²) in [6.45, 7) is 1.35. The lowest BCUT2D eigenvalue weighted by molar-refractivity contribution is -0.110. The van der Waals surface area contributed by atoms with E-state index >= 15 is 0 Å². The van der Waals surface area contributed by atoms with Crippen LogP contribution in [0, 0.1) is 6.92 Å². The average molecular weight is 393 g/mol. The molecule has 0 spiro atoms. The fourth-order valence-electron chi connectivity index (χ4n) is 1.93. The zero-order valence-electron chi connectivity index (χ0n) is 12.0. The van der Waals surface area contributed by atoms with Crippen molar-refractivity contribution in [1.82, 2.24) is 0 Å². The zero-order chi connectivity index (χ0) is 17.2. The van der Waals surface area contributed by atoms with Crippen LogP contribution < -0.4 is 4.31 Å². The number of carbonyl (C=O) groups is 1. The lowest BCUT2D eigenvalue weighted by Crippen LogP contribution is -2.34. The second kappa shape index (κ2) is 7.09. The van der Waals surface area contributed by atoms with Gasteiger partial charge in [0.25, 0.3) is 10.0 Å². The first-order valence-electron chi connectivity index (χ1n) is 6.44. The van der Waals surface area contributed by atoms with E-state index in [0.29, 0.717) is 5.69 Å². The number of hydrogen-bond donors (Lipinski definition) is 0. The van der Waals surface area contributed by atoms with Crippen LogP contribution in [0.1, 0.15) is 5.56 Å². The summed E-state index contributed by atoms with van der Waals surface area (Å²) >= 11 is 17.3. The molecule has 0 N–H and O–H groups in total. The first-order chi connectivity index (χ1) is 10.7. The van der Waals surface area contributed by atoms with E-state index < -0.39 is 21.8 Å². The minimum Gasteiger partial charge on any atom is -0.279 e. The van der Waals surface area contributed by atoms with Crippen molar-refractivity contribution in [3.05, 3.63) is 58.1 Å². The van der Waals surface area contributed by atoms with Crippen molar-refractivity contribution in [1.29, 1.82) is 0 Å². The Morgan fingerprint density at radius 2 is 1.70 bits per heavy atom. The number of benzene rings is 2. The van der Waals surface area contributed by atoms with Gasteiger partial charge in [-0.2, -0.15) is 0 Å². The molecule has 0 atom stereocenters. The molecule has 0 aliphatic carbocycles. The maximum absolute atomic E-state index is 12.9. The SMILES string of the molecule is Cc1ccc(N(CC(=O)Cl)S(=O)(=O)c2cc(Cl)ccc2Cl)cc1. The van der Waals surface area contributed by atoms with E-state index in [-0.39, 0.29) is 14.9 Å². The predicted octanol–water partition coefficient (Wildman–Crippen LogP) is 4.26. The van der Waals surface area contributed by atoms with Crippen LogP contribution in [0.15, 0.2) is 47.4 Å². The monoisotopic (exact) mass is 391 g/mol. The normalized spacial score (nSPS) is 11.3. The maximum atomic E-state index is 12.9. The van der Waals surface area contributed by atoms with Crippen LogP contribution in [0.5, 0.6) is 0 Å². The lowest BCUT2D eigenvalue weighted by atomic mass is 10.2. The maximum Gasteiger partial charge on any atom is 0.266 e. The largest absolute Gasteiger partial charge is 0.279 e. The van der Waals surface area contributed by atoms with E-state index in [1.54, 1.807) is 24.3 Å². The number of rotatable bonds is 5. The highest BCUT2D eigenvalue weighted by molar-refractivity contribution is 7.93. The van der Waals surface area contributed by atoms with E-state index in [1.165, 1.54) is 18.2 Å². The Hall–Kier alpha value is -1.27. The summed E-state index contributed by atoms with van der Waals surface area (Å²) in [5, 5.41) is -0.588. The van der Waals surface area contributed by atoms with Crippen molar-refractivity contribution in [3.63, 3.8) is 0 Å². The van der Waals surface area contributed by atoms with Gasteiger partial charge in [0.15, 0.2) is 0 Å². The molecule has 2 aromatic rings. The van der Waals surface area contributed by atoms with E-state index in [2.05, 4.69) is 0 Å². The van der Waals surface area contributed by atoms with Crippen LogP contribution >= 0.6 is 34.8 Å². The third kappa shape index (κ3) is 4.18. The summed E-state index contributed by atoms with van der Waals surface area (Å²) in [6, 6.07) is 10.7. The van der Waals surface area contributed by atoms with Gasteiger partial charge in [0.05, 0.1) is 10.7 Å². The van der Waals surface area contributed by atoms with Gasteiger partial charge in [-0.1, -0.05) is 40.9 Å². The summed E-state index contributed by atoms with van der Waals surface area (Å²) in [6.07, 6.45) is 0. The minimum absolute atomic E-state index is 0.00790. The fourth-order valence-corrected chi connectivity index (χ4v) is 4.28. The highest BCUT2D eigenvalue weighted by atomic mass is 35.5. The molecule has 8 heteroatoms. The number of halogens is 3. The molecule has 0 saturated heterocycles. The molecule has 0 fully saturated rings. The van der Waals surface area contributed by atoms with Gasteiger partial charge in [0.1, 0.15) is 11.4 Å². The van der Waals surface area contributed by atoms with Crippen LogP contribution in [0.4, 0.5) is 5.69 Å². The first-order valence-corrected chi connectivity index (χ1v) is 9.02. The lowest BCUT2D eigenvalue weighted by Gasteiger charge is -2.23. The van der Waals surface area contributed by atoms with Crippen molar-refractivity contribution < 1.29 is 13.2 Å². The van der Waals surface area contributed by atoms with Crippen molar-refractivity contribution in [2.24, 2.45) is 0 Å². The predicted molar refractivity (Wildman–Crippen MR) is 93.0 cm³/mol. The van der Waals surface area contributed by atoms with Gasteiger partial charge in [0.2, 0.25) is 5.24 Å². The highest BCUT2D eigenvalue weighted by Gasteiger charge is 2.29. The average Bonchev–Trinajstić information content (AvgIpc) is 2.48. The number of nitrogens with zero attached hydrogens (tertiary/aromatic N) is 1. The zero-order valence-corrected chi connectivity index (χ0v) is 15.0. The molecule has 0 saturated carbocycles. The van der Waals surface area contributed by atoms with Crippen molar-refractivity contribution >= 4 is 55.8 Å². The van der Waals surface area contributed by atoms with E-state index in [4.69, 9.17) is 34.8 Å². The molecule has 0 bridgehead atoms. The summed E-state index contributed by atoms with van der Waals surface area (Å²) in [5.41, 5.74) is 1.25. The quantitative estimate of drug-likeness (QED) is 0.714. The standard InChI is InChI=1S/C15H12Cl3NO3S/c1-10-2-5-12(6-3-10)19(9-15(18)20)23(21,22)14-8-11(16)4-7-13(14)17/h2-8H,9H2,1H3. The van der Waals surface area contributed by atoms with E-state index in [0.717, 1.165) is 9.87 Å². The molecule has 0 amide bonds. The van der Waals surface area contributed by atoms with Gasteiger partial charge in [-0.05, 0) is 48.9 Å². The molecule has 0 heterocycles. The summed E-state index contributed by atoms with van der Waals surface area (Å²) in [5.74, 6) is 0. The molecule has 2 rings (SSSR count). The Labute approximate surface area is 149 Å². The van der Waals surface area contributed by atoms with Crippen LogP contribution in [0.3, 0.4) is 0 Å². The molecule has 0 unspecified atom stereocenters. The van der Waals surface area contributed by atoms with Gasteiger partial charge >= 0.3 is 0 Å². The number of aryl methyl sites for hydroxylation is 1. The Balaban J connectivity index is 2.59. The molecule has 4 nitrogen and oxygen atoms in total. The molecule has 0 aliphatic rings. The molecule has 122 valence electrons. The number of carbonyl (C=O) groups excluding carboxylic acids is 1.